The highest BCUT2D eigenvalue weighted by molar-refractivity contribution is 7.19. The molecule has 1 aliphatic rings. The fraction of sp³-hybridized carbons (Fsp3) is 0.333. The zero-order valence-electron chi connectivity index (χ0n) is 7.38. The van der Waals surface area contributed by atoms with Crippen molar-refractivity contribution in [2.75, 3.05) is 11.2 Å². The second-order valence-electron chi connectivity index (χ2n) is 3.43. The van der Waals surface area contributed by atoms with Gasteiger partial charge < -0.3 is 4.67 Å². The van der Waals surface area contributed by atoms with E-state index in [1.54, 1.807) is 0 Å². The number of benzene rings is 1. The molecule has 0 radical (unpaired) electrons. The number of hydrogen-bond acceptors (Lipinski definition) is 1. The van der Waals surface area contributed by atoms with E-state index in [0.717, 1.165) is 0 Å². The molecule has 0 aromatic heterocycles. The molecule has 0 aliphatic carbocycles. The molecule has 0 N–H and O–H groups in total. The van der Waals surface area contributed by atoms with E-state index in [-0.39, 0.29) is 0 Å². The van der Waals surface area contributed by atoms with Gasteiger partial charge in [0.15, 0.2) is 0 Å². The molecule has 0 spiro atoms. The van der Waals surface area contributed by atoms with Gasteiger partial charge in [0.05, 0.1) is 0 Å². The lowest BCUT2D eigenvalue weighted by molar-refractivity contribution is 0.796. The molecule has 1 heterocycles. The first-order valence-corrected chi connectivity index (χ1v) is 4.91. The molecular formula is C9H13BNP. The van der Waals surface area contributed by atoms with Crippen LogP contribution in [-0.2, 0) is 6.42 Å². The van der Waals surface area contributed by atoms with Crippen molar-refractivity contribution < 1.29 is 0 Å². The number of fused-ring (bicyclic) bond motifs is 1. The largest absolute Gasteiger partial charge is 0.356 e. The Balaban J connectivity index is 2.47. The van der Waals surface area contributed by atoms with E-state index < -0.39 is 0 Å². The normalized spacial score (nSPS) is 15.9. The lowest BCUT2D eigenvalue weighted by Crippen LogP contribution is -2.20. The van der Waals surface area contributed by atoms with Gasteiger partial charge in [0.1, 0.15) is 7.85 Å². The Morgan fingerprint density at radius 3 is 3.08 bits per heavy atom. The Kier molecular flexibility index (Phi) is 2.10. The predicted octanol–water partition coefficient (Wildman–Crippen LogP) is 0.488. The molecule has 0 fully saturated rings. The standard InChI is InChI=1S/C9H13BNP/c10-8-4-3-7-2-1-5-11(12)9(7)6-8/h3-4,6H,1-2,5,10,12H2. The average molecular weight is 177 g/mol. The zero-order chi connectivity index (χ0) is 8.55. The summed E-state index contributed by atoms with van der Waals surface area (Å²) in [4.78, 5) is 0. The Morgan fingerprint density at radius 1 is 1.42 bits per heavy atom. The predicted molar refractivity (Wildman–Crippen MR) is 60.0 cm³/mol. The van der Waals surface area contributed by atoms with Crippen LogP contribution in [0.4, 0.5) is 5.69 Å². The van der Waals surface area contributed by atoms with Gasteiger partial charge in [-0.2, -0.15) is 0 Å². The molecule has 1 nitrogen and oxygen atoms in total. The van der Waals surface area contributed by atoms with Crippen molar-refractivity contribution in [3.63, 3.8) is 0 Å². The Hall–Kier alpha value is -0.485. The molecule has 1 atom stereocenters. The molecule has 1 unspecified atom stereocenters. The zero-order valence-corrected chi connectivity index (χ0v) is 8.53. The molecule has 1 aromatic carbocycles. The second kappa shape index (κ2) is 3.10. The first kappa shape index (κ1) is 8.13. The van der Waals surface area contributed by atoms with E-state index in [1.165, 1.54) is 36.1 Å². The monoisotopic (exact) mass is 177 g/mol. The molecule has 0 bridgehead atoms. The first-order chi connectivity index (χ1) is 5.77. The summed E-state index contributed by atoms with van der Waals surface area (Å²) < 4.78 is 2.27. The summed E-state index contributed by atoms with van der Waals surface area (Å²) in [5, 5.41) is 0. The summed E-state index contributed by atoms with van der Waals surface area (Å²) in [6.45, 7) is 1.17. The van der Waals surface area contributed by atoms with Crippen molar-refractivity contribution in [1.29, 1.82) is 0 Å². The van der Waals surface area contributed by atoms with E-state index >= 15 is 0 Å². The lowest BCUT2D eigenvalue weighted by Gasteiger charge is -2.27. The van der Waals surface area contributed by atoms with Crippen molar-refractivity contribution in [3.8, 4) is 0 Å². The molecule has 2 rings (SSSR count). The number of anilines is 1. The topological polar surface area (TPSA) is 3.24 Å². The van der Waals surface area contributed by atoms with E-state index in [9.17, 15) is 0 Å². The van der Waals surface area contributed by atoms with Gasteiger partial charge in [-0.1, -0.05) is 17.6 Å². The van der Waals surface area contributed by atoms with Gasteiger partial charge in [0.2, 0.25) is 0 Å². The van der Waals surface area contributed by atoms with Crippen LogP contribution in [0.2, 0.25) is 0 Å². The Bertz CT molecular complexity index is 301. The number of nitrogens with zero attached hydrogens (tertiary/aromatic N) is 1. The molecule has 1 aromatic rings. The molecule has 62 valence electrons. The summed E-state index contributed by atoms with van der Waals surface area (Å²) in [6.07, 6.45) is 2.51. The van der Waals surface area contributed by atoms with Gasteiger partial charge >= 0.3 is 0 Å². The van der Waals surface area contributed by atoms with Crippen molar-refractivity contribution >= 4 is 28.4 Å². The highest BCUT2D eigenvalue weighted by Crippen LogP contribution is 2.27. The molecular weight excluding hydrogens is 164 g/mol. The average Bonchev–Trinajstić information content (AvgIpc) is 2.07. The van der Waals surface area contributed by atoms with Crippen molar-refractivity contribution in [3.05, 3.63) is 23.8 Å². The maximum atomic E-state index is 2.79. The SMILES string of the molecule is Bc1ccc2c(c1)N(P)CCC2. The molecule has 1 aliphatic heterocycles. The third-order valence-electron chi connectivity index (χ3n) is 2.40. The Morgan fingerprint density at radius 2 is 2.25 bits per heavy atom. The molecule has 0 saturated carbocycles. The summed E-state index contributed by atoms with van der Waals surface area (Å²) in [7, 11) is 4.94. The van der Waals surface area contributed by atoms with Gasteiger partial charge in [-0.15, -0.1) is 0 Å². The highest BCUT2D eigenvalue weighted by Gasteiger charge is 2.12. The quantitative estimate of drug-likeness (QED) is 0.411. The maximum absolute atomic E-state index is 2.79. The van der Waals surface area contributed by atoms with Crippen LogP contribution >= 0.6 is 9.39 Å². The second-order valence-corrected chi connectivity index (χ2v) is 4.05. The number of hydrogen-bond donors (Lipinski definition) is 0. The number of rotatable bonds is 0. The number of aryl methyl sites for hydroxylation is 1. The van der Waals surface area contributed by atoms with Crippen LogP contribution in [0.1, 0.15) is 12.0 Å². The Labute approximate surface area is 76.8 Å². The van der Waals surface area contributed by atoms with Crippen LogP contribution in [0.25, 0.3) is 0 Å². The van der Waals surface area contributed by atoms with Crippen LogP contribution < -0.4 is 10.1 Å². The van der Waals surface area contributed by atoms with Crippen molar-refractivity contribution in [1.82, 2.24) is 0 Å². The van der Waals surface area contributed by atoms with Crippen LogP contribution in [-0.4, -0.2) is 14.4 Å². The molecule has 0 saturated heterocycles. The highest BCUT2D eigenvalue weighted by atomic mass is 31.0. The lowest BCUT2D eigenvalue weighted by atomic mass is 9.92. The van der Waals surface area contributed by atoms with Crippen molar-refractivity contribution in [2.24, 2.45) is 0 Å². The van der Waals surface area contributed by atoms with E-state index in [0.29, 0.717) is 0 Å². The van der Waals surface area contributed by atoms with Gasteiger partial charge in [-0.05, 0) is 33.9 Å². The van der Waals surface area contributed by atoms with Gasteiger partial charge in [-0.25, -0.2) is 0 Å². The summed E-state index contributed by atoms with van der Waals surface area (Å²) in [5.74, 6) is 0. The summed E-state index contributed by atoms with van der Waals surface area (Å²) in [5.41, 5.74) is 4.23. The molecule has 3 heteroatoms. The smallest absolute Gasteiger partial charge is 0.139 e. The molecule has 0 amide bonds. The minimum Gasteiger partial charge on any atom is -0.356 e. The van der Waals surface area contributed by atoms with Crippen LogP contribution in [0.5, 0.6) is 0 Å². The van der Waals surface area contributed by atoms with Crippen LogP contribution in [0.15, 0.2) is 18.2 Å². The maximum Gasteiger partial charge on any atom is 0.139 e. The van der Waals surface area contributed by atoms with E-state index in [1.807, 2.05) is 0 Å². The third-order valence-corrected chi connectivity index (χ3v) is 2.93. The van der Waals surface area contributed by atoms with Crippen LogP contribution in [0.3, 0.4) is 0 Å². The fourth-order valence-electron chi connectivity index (χ4n) is 1.71. The fourth-order valence-corrected chi connectivity index (χ4v) is 2.14. The van der Waals surface area contributed by atoms with E-state index in [2.05, 4.69) is 40.1 Å². The third kappa shape index (κ3) is 1.36. The minimum absolute atomic E-state index is 1.17. The first-order valence-electron chi connectivity index (χ1n) is 4.39. The van der Waals surface area contributed by atoms with Gasteiger partial charge in [0.25, 0.3) is 0 Å². The van der Waals surface area contributed by atoms with E-state index in [4.69, 9.17) is 0 Å². The van der Waals surface area contributed by atoms with Gasteiger partial charge in [-0.3, -0.25) is 0 Å². The molecule has 12 heavy (non-hydrogen) atoms. The summed E-state index contributed by atoms with van der Waals surface area (Å²) >= 11 is 0. The minimum atomic E-state index is 1.17. The van der Waals surface area contributed by atoms with Gasteiger partial charge in [0, 0.05) is 12.2 Å². The van der Waals surface area contributed by atoms with Crippen LogP contribution in [0, 0.1) is 0 Å². The van der Waals surface area contributed by atoms with Crippen molar-refractivity contribution in [2.45, 2.75) is 12.8 Å². The summed E-state index contributed by atoms with van der Waals surface area (Å²) in [6, 6.07) is 6.71.